The normalized spacial score (nSPS) is 14.7. The largest absolute Gasteiger partial charge is 0.472 e. The van der Waals surface area contributed by atoms with Gasteiger partial charge in [-0.1, -0.05) is 246 Å². The van der Waals surface area contributed by atoms with Crippen molar-refractivity contribution in [3.63, 3.8) is 0 Å². The summed E-state index contributed by atoms with van der Waals surface area (Å²) in [6.07, 6.45) is 72.5. The highest BCUT2D eigenvalue weighted by molar-refractivity contribution is 7.47. The molecule has 0 fully saturated rings. The molecule has 1 amide bonds. The average Bonchev–Trinajstić information content (AvgIpc) is 3.31. The van der Waals surface area contributed by atoms with Crippen molar-refractivity contribution >= 4 is 13.7 Å². The summed E-state index contributed by atoms with van der Waals surface area (Å²) in [5.74, 6) is -0.271. The van der Waals surface area contributed by atoms with Crippen molar-refractivity contribution in [1.82, 2.24) is 5.32 Å². The number of unbranched alkanes of at least 4 members (excludes halogenated alkanes) is 23. The van der Waals surface area contributed by atoms with Gasteiger partial charge in [-0.3, -0.25) is 13.8 Å². The molecule has 0 spiro atoms. The van der Waals surface area contributed by atoms with Crippen LogP contribution >= 0.6 is 7.82 Å². The first kappa shape index (κ1) is 66.4. The minimum Gasteiger partial charge on any atom is -0.387 e. The number of aliphatic hydroxyl groups excluding tert-OH is 1. The van der Waals surface area contributed by atoms with E-state index in [1.807, 2.05) is 39.4 Å². The van der Waals surface area contributed by atoms with Crippen LogP contribution in [0.2, 0.25) is 0 Å². The predicted octanol–water partition coefficient (Wildman–Crippen LogP) is 17.0. The van der Waals surface area contributed by atoms with E-state index >= 15 is 0 Å². The second-order valence-electron chi connectivity index (χ2n) is 19.9. The third kappa shape index (κ3) is 53.1. The molecule has 0 aromatic rings. The number of phosphoric acid groups is 1. The molecule has 3 atom stereocenters. The molecule has 0 aromatic carbocycles. The molecule has 0 aliphatic heterocycles. The van der Waals surface area contributed by atoms with Crippen LogP contribution in [-0.4, -0.2) is 73.4 Å². The summed E-state index contributed by atoms with van der Waals surface area (Å²) in [7, 11) is 1.50. The van der Waals surface area contributed by atoms with Gasteiger partial charge in [-0.15, -0.1) is 0 Å². The lowest BCUT2D eigenvalue weighted by atomic mass is 10.0. The van der Waals surface area contributed by atoms with Gasteiger partial charge in [0.2, 0.25) is 5.91 Å². The van der Waals surface area contributed by atoms with E-state index in [0.29, 0.717) is 17.4 Å². The van der Waals surface area contributed by atoms with Crippen LogP contribution < -0.4 is 5.32 Å². The molecule has 0 rings (SSSR count). The molecule has 0 bridgehead atoms. The zero-order valence-electron chi connectivity index (χ0n) is 45.3. The number of carbonyl (C=O) groups excluding carboxylic acids is 1. The lowest BCUT2D eigenvalue weighted by Crippen LogP contribution is -2.45. The third-order valence-corrected chi connectivity index (χ3v) is 13.0. The molecular weight excluding hydrogens is 876 g/mol. The Bertz CT molecular complexity index is 1440. The van der Waals surface area contributed by atoms with Gasteiger partial charge in [-0.2, -0.15) is 0 Å². The van der Waals surface area contributed by atoms with E-state index < -0.39 is 20.0 Å². The number of hydrogen-bond donors (Lipinski definition) is 3. The first-order valence-electron chi connectivity index (χ1n) is 28.1. The van der Waals surface area contributed by atoms with Gasteiger partial charge in [0.15, 0.2) is 0 Å². The fraction of sp³-hybridized carbons (Fsp3) is 0.717. The summed E-state index contributed by atoms with van der Waals surface area (Å²) in [6.45, 7) is 4.63. The highest BCUT2D eigenvalue weighted by atomic mass is 31.2. The summed E-state index contributed by atoms with van der Waals surface area (Å²) >= 11 is 0. The summed E-state index contributed by atoms with van der Waals surface area (Å²) < 4.78 is 23.6. The van der Waals surface area contributed by atoms with E-state index in [9.17, 15) is 19.4 Å². The fourth-order valence-corrected chi connectivity index (χ4v) is 8.41. The number of hydrogen-bond acceptors (Lipinski definition) is 5. The van der Waals surface area contributed by atoms with E-state index in [4.69, 9.17) is 9.05 Å². The summed E-state index contributed by atoms with van der Waals surface area (Å²) in [4.78, 5) is 23.2. The SMILES string of the molecule is CC/C=C\C/C=C\C/C=C\C/C=C\C/C=C\C/C=C\CCC(=O)NC(COP(=O)(O)OCC[N+](C)(C)C)C(O)/C=C/CC/C=C/CCCCCCCCCCCCCCCCCCCCCCCC. The third-order valence-electron chi connectivity index (χ3n) is 12.1. The zero-order chi connectivity index (χ0) is 50.6. The molecule has 8 nitrogen and oxygen atoms in total. The number of nitrogens with zero attached hydrogens (tertiary/aromatic N) is 1. The van der Waals surface area contributed by atoms with Crippen molar-refractivity contribution < 1.29 is 32.9 Å². The van der Waals surface area contributed by atoms with Crippen molar-refractivity contribution in [3.05, 3.63) is 97.2 Å². The lowest BCUT2D eigenvalue weighted by molar-refractivity contribution is -0.870. The smallest absolute Gasteiger partial charge is 0.387 e. The van der Waals surface area contributed by atoms with Gasteiger partial charge in [-0.05, 0) is 70.6 Å². The first-order chi connectivity index (χ1) is 33.5. The van der Waals surface area contributed by atoms with Gasteiger partial charge in [0.05, 0.1) is 39.9 Å². The van der Waals surface area contributed by atoms with E-state index in [0.717, 1.165) is 57.8 Å². The number of aliphatic hydroxyl groups is 1. The number of quaternary nitrogens is 1. The van der Waals surface area contributed by atoms with Crippen LogP contribution in [0.5, 0.6) is 0 Å². The molecular formula is C60H108N2O6P+. The van der Waals surface area contributed by atoms with Crippen LogP contribution in [0.4, 0.5) is 0 Å². The van der Waals surface area contributed by atoms with Gasteiger partial charge in [-0.25, -0.2) is 4.57 Å². The molecule has 0 aliphatic rings. The summed E-state index contributed by atoms with van der Waals surface area (Å²) in [6, 6.07) is -0.911. The molecule has 0 saturated heterocycles. The molecule has 398 valence electrons. The van der Waals surface area contributed by atoms with Crippen LogP contribution in [0.15, 0.2) is 97.2 Å². The summed E-state index contributed by atoms with van der Waals surface area (Å²) in [5, 5.41) is 13.8. The van der Waals surface area contributed by atoms with Crippen molar-refractivity contribution in [3.8, 4) is 0 Å². The maximum absolute atomic E-state index is 12.9. The standard InChI is InChI=1S/C60H107N2O6P/c1-6-8-10-12-14-16-18-20-22-24-26-27-28-29-30-31-32-33-34-36-37-39-41-43-45-47-49-51-53-59(63)58(57-68-69(65,66)67-56-55-62(3,4)5)61-60(64)54-52-50-48-46-44-42-40-38-35-25-23-21-19-17-15-13-11-9-7-2/h9,11,15,17,21,23,35,38,42-45,48,50-51,53,58-59,63H,6-8,10,12-14,16,18-20,22,24-34,36-37,39-41,46-47,49,52,54-57H2,1-5H3,(H-,61,64,65,66)/p+1/b11-9-,17-15-,23-21-,38-35-,44-42-,45-43+,50-48-,53-51+. The Kier molecular flexibility index (Phi) is 48.5. The van der Waals surface area contributed by atoms with Crippen molar-refractivity contribution in [2.75, 3.05) is 40.9 Å². The number of carbonyl (C=O) groups is 1. The second-order valence-corrected chi connectivity index (χ2v) is 21.4. The molecule has 0 saturated carbocycles. The van der Waals surface area contributed by atoms with E-state index in [1.54, 1.807) is 6.08 Å². The Labute approximate surface area is 426 Å². The predicted molar refractivity (Wildman–Crippen MR) is 299 cm³/mol. The number of phosphoric ester groups is 1. The Morgan fingerprint density at radius 2 is 0.884 bits per heavy atom. The van der Waals surface area contributed by atoms with Gasteiger partial charge in [0.25, 0.3) is 0 Å². The molecule has 3 N–H and O–H groups in total. The maximum atomic E-state index is 12.9. The minimum absolute atomic E-state index is 0.0376. The van der Waals surface area contributed by atoms with E-state index in [-0.39, 0.29) is 25.5 Å². The van der Waals surface area contributed by atoms with E-state index in [2.05, 4.69) is 92.1 Å². The number of nitrogens with one attached hydrogen (secondary N) is 1. The molecule has 0 aromatic heterocycles. The maximum Gasteiger partial charge on any atom is 0.472 e. The molecule has 0 heterocycles. The Morgan fingerprint density at radius 1 is 0.507 bits per heavy atom. The first-order valence-corrected chi connectivity index (χ1v) is 29.6. The fourth-order valence-electron chi connectivity index (χ4n) is 7.67. The molecule has 0 aliphatic carbocycles. The average molecular weight is 985 g/mol. The molecule has 9 heteroatoms. The Hall–Kier alpha value is -2.58. The molecule has 69 heavy (non-hydrogen) atoms. The number of amides is 1. The van der Waals surface area contributed by atoms with Gasteiger partial charge < -0.3 is 19.8 Å². The summed E-state index contributed by atoms with van der Waals surface area (Å²) in [5.41, 5.74) is 0. The Balaban J connectivity index is 4.35. The van der Waals surface area contributed by atoms with Crippen LogP contribution in [0.1, 0.15) is 226 Å². The lowest BCUT2D eigenvalue weighted by Gasteiger charge is -2.25. The zero-order valence-corrected chi connectivity index (χ0v) is 46.2. The quantitative estimate of drug-likeness (QED) is 0.0243. The monoisotopic (exact) mass is 984 g/mol. The van der Waals surface area contributed by atoms with Gasteiger partial charge in [0, 0.05) is 6.42 Å². The van der Waals surface area contributed by atoms with Crippen molar-refractivity contribution in [1.29, 1.82) is 0 Å². The number of rotatable bonds is 50. The second kappa shape index (κ2) is 50.4. The Morgan fingerprint density at radius 3 is 1.32 bits per heavy atom. The number of allylic oxidation sites excluding steroid dienone is 15. The van der Waals surface area contributed by atoms with Crippen LogP contribution in [0.25, 0.3) is 0 Å². The van der Waals surface area contributed by atoms with Crippen LogP contribution in [-0.2, 0) is 18.4 Å². The number of likely N-dealkylation sites (N-methyl/N-ethyl adjacent to an activating group) is 1. The highest BCUT2D eigenvalue weighted by Crippen LogP contribution is 2.43. The van der Waals surface area contributed by atoms with Gasteiger partial charge in [0.1, 0.15) is 13.2 Å². The van der Waals surface area contributed by atoms with Gasteiger partial charge >= 0.3 is 7.82 Å². The van der Waals surface area contributed by atoms with Crippen LogP contribution in [0, 0.1) is 0 Å². The van der Waals surface area contributed by atoms with Crippen molar-refractivity contribution in [2.24, 2.45) is 0 Å². The van der Waals surface area contributed by atoms with Crippen molar-refractivity contribution in [2.45, 2.75) is 238 Å². The van der Waals surface area contributed by atoms with Crippen LogP contribution in [0.3, 0.4) is 0 Å². The highest BCUT2D eigenvalue weighted by Gasteiger charge is 2.27. The molecule has 0 radical (unpaired) electrons. The molecule has 3 unspecified atom stereocenters. The van der Waals surface area contributed by atoms with E-state index in [1.165, 1.54) is 141 Å². The minimum atomic E-state index is -4.38. The topological polar surface area (TPSA) is 105 Å².